The van der Waals surface area contributed by atoms with Crippen LogP contribution in [0.2, 0.25) is 0 Å². The number of hydrogen-bond donors (Lipinski definition) is 1. The van der Waals surface area contributed by atoms with Crippen LogP contribution < -0.4 is 10.6 Å². The zero-order chi connectivity index (χ0) is 10.6. The van der Waals surface area contributed by atoms with Crippen LogP contribution in [-0.4, -0.2) is 20.1 Å². The molecule has 0 aliphatic carbocycles. The van der Waals surface area contributed by atoms with Gasteiger partial charge in [-0.05, 0) is 37.6 Å². The highest BCUT2D eigenvalue weighted by atomic mass is 79.9. The Kier molecular flexibility index (Phi) is 4.42. The molecule has 0 unspecified atom stereocenters. The predicted octanol–water partition coefficient (Wildman–Crippen LogP) is 2.41. The summed E-state index contributed by atoms with van der Waals surface area (Å²) >= 11 is 3.56. The fraction of sp³-hybridized carbons (Fsp3) is 0.455. The summed E-state index contributed by atoms with van der Waals surface area (Å²) in [7, 11) is 2.09. The molecule has 0 heterocycles. The number of hydrogen-bond acceptors (Lipinski definition) is 2. The van der Waals surface area contributed by atoms with Crippen molar-refractivity contribution in [3.8, 4) is 0 Å². The first-order valence-corrected chi connectivity index (χ1v) is 5.68. The van der Waals surface area contributed by atoms with E-state index in [4.69, 9.17) is 5.73 Å². The van der Waals surface area contributed by atoms with E-state index in [9.17, 15) is 0 Å². The summed E-state index contributed by atoms with van der Waals surface area (Å²) in [5.74, 6) is 0. The van der Waals surface area contributed by atoms with E-state index in [2.05, 4.69) is 53.0 Å². The highest BCUT2D eigenvalue weighted by Gasteiger charge is 2.02. The lowest BCUT2D eigenvalue weighted by Gasteiger charge is -2.17. The molecule has 0 saturated heterocycles. The Morgan fingerprint density at radius 1 is 1.43 bits per heavy atom. The van der Waals surface area contributed by atoms with Crippen molar-refractivity contribution in [2.24, 2.45) is 5.73 Å². The van der Waals surface area contributed by atoms with Crippen molar-refractivity contribution < 1.29 is 0 Å². The van der Waals surface area contributed by atoms with E-state index in [1.807, 2.05) is 0 Å². The Bertz CT molecular complexity index is 299. The summed E-state index contributed by atoms with van der Waals surface area (Å²) in [6, 6.07) is 6.42. The molecule has 0 aromatic heterocycles. The molecule has 0 amide bonds. The maximum atomic E-state index is 5.52. The van der Waals surface area contributed by atoms with Crippen molar-refractivity contribution in [3.05, 3.63) is 28.2 Å². The molecule has 0 atom stereocenters. The number of halogens is 1. The largest absolute Gasteiger partial charge is 0.375 e. The van der Waals surface area contributed by atoms with Crippen LogP contribution in [0, 0.1) is 0 Å². The molecule has 1 rings (SSSR count). The minimum Gasteiger partial charge on any atom is -0.375 e. The van der Waals surface area contributed by atoms with Crippen LogP contribution in [0.5, 0.6) is 0 Å². The third-order valence-corrected chi connectivity index (χ3v) is 3.10. The van der Waals surface area contributed by atoms with Crippen LogP contribution in [0.3, 0.4) is 0 Å². The van der Waals surface area contributed by atoms with Crippen molar-refractivity contribution in [1.29, 1.82) is 0 Å². The van der Waals surface area contributed by atoms with Gasteiger partial charge in [-0.2, -0.15) is 0 Å². The fourth-order valence-corrected chi connectivity index (χ4v) is 1.88. The maximum absolute atomic E-state index is 5.52. The Balaban J connectivity index is 2.88. The number of nitrogens with zero attached hydrogens (tertiary/aromatic N) is 1. The third-order valence-electron chi connectivity index (χ3n) is 2.37. The zero-order valence-electron chi connectivity index (χ0n) is 8.76. The molecule has 0 aliphatic heterocycles. The molecule has 0 radical (unpaired) electrons. The summed E-state index contributed by atoms with van der Waals surface area (Å²) in [4.78, 5) is 2.21. The fourth-order valence-electron chi connectivity index (χ4n) is 1.31. The number of rotatable bonds is 4. The second-order valence-electron chi connectivity index (χ2n) is 3.33. The molecular weight excluding hydrogens is 240 g/mol. The van der Waals surface area contributed by atoms with Gasteiger partial charge in [-0.15, -0.1) is 0 Å². The van der Waals surface area contributed by atoms with Crippen molar-refractivity contribution >= 4 is 21.6 Å². The summed E-state index contributed by atoms with van der Waals surface area (Å²) in [6.07, 6.45) is 0.927. The van der Waals surface area contributed by atoms with Crippen LogP contribution in [0.1, 0.15) is 12.5 Å². The lowest BCUT2D eigenvalue weighted by molar-refractivity contribution is 0.948. The first-order valence-electron chi connectivity index (χ1n) is 4.88. The second-order valence-corrected chi connectivity index (χ2v) is 4.18. The molecule has 0 saturated carbocycles. The summed E-state index contributed by atoms with van der Waals surface area (Å²) in [5, 5.41) is 0. The minimum atomic E-state index is 0.696. The Morgan fingerprint density at radius 2 is 2.14 bits per heavy atom. The van der Waals surface area contributed by atoms with E-state index >= 15 is 0 Å². The zero-order valence-corrected chi connectivity index (χ0v) is 10.3. The Hall–Kier alpha value is -0.540. The van der Waals surface area contributed by atoms with E-state index in [1.54, 1.807) is 0 Å². The quantitative estimate of drug-likeness (QED) is 0.897. The Labute approximate surface area is 94.2 Å². The van der Waals surface area contributed by atoms with Gasteiger partial charge >= 0.3 is 0 Å². The average Bonchev–Trinajstić information content (AvgIpc) is 2.20. The molecule has 0 spiro atoms. The standard InChI is InChI=1S/C11H17BrN2/c1-3-14(2)10-5-4-9(6-7-13)11(12)8-10/h4-5,8H,3,6-7,13H2,1-2H3. The van der Waals surface area contributed by atoms with Gasteiger partial charge in [-0.1, -0.05) is 22.0 Å². The van der Waals surface area contributed by atoms with Gasteiger partial charge in [0.05, 0.1) is 0 Å². The predicted molar refractivity (Wildman–Crippen MR) is 65.8 cm³/mol. The highest BCUT2D eigenvalue weighted by molar-refractivity contribution is 9.10. The van der Waals surface area contributed by atoms with Crippen molar-refractivity contribution in [3.63, 3.8) is 0 Å². The molecular formula is C11H17BrN2. The topological polar surface area (TPSA) is 29.3 Å². The van der Waals surface area contributed by atoms with Gasteiger partial charge in [-0.25, -0.2) is 0 Å². The summed E-state index contributed by atoms with van der Waals surface area (Å²) < 4.78 is 1.15. The van der Waals surface area contributed by atoms with Crippen molar-refractivity contribution in [2.75, 3.05) is 25.0 Å². The van der Waals surface area contributed by atoms with Gasteiger partial charge < -0.3 is 10.6 Å². The van der Waals surface area contributed by atoms with Crippen LogP contribution in [0.15, 0.2) is 22.7 Å². The molecule has 1 aromatic rings. The number of anilines is 1. The summed E-state index contributed by atoms with van der Waals surface area (Å²) in [6.45, 7) is 3.85. The van der Waals surface area contributed by atoms with E-state index in [1.165, 1.54) is 11.3 Å². The molecule has 3 heteroatoms. The highest BCUT2D eigenvalue weighted by Crippen LogP contribution is 2.23. The Morgan fingerprint density at radius 3 is 2.64 bits per heavy atom. The molecule has 0 fully saturated rings. The molecule has 2 N–H and O–H groups in total. The molecule has 0 bridgehead atoms. The first-order chi connectivity index (χ1) is 6.69. The van der Waals surface area contributed by atoms with E-state index in [0.717, 1.165) is 17.4 Å². The van der Waals surface area contributed by atoms with Gasteiger partial charge in [0.25, 0.3) is 0 Å². The molecule has 78 valence electrons. The van der Waals surface area contributed by atoms with Crippen molar-refractivity contribution in [2.45, 2.75) is 13.3 Å². The molecule has 2 nitrogen and oxygen atoms in total. The van der Waals surface area contributed by atoms with Crippen LogP contribution in [0.4, 0.5) is 5.69 Å². The molecule has 14 heavy (non-hydrogen) atoms. The summed E-state index contributed by atoms with van der Waals surface area (Å²) in [5.41, 5.74) is 8.04. The minimum absolute atomic E-state index is 0.696. The molecule has 0 aliphatic rings. The SMILES string of the molecule is CCN(C)c1ccc(CCN)c(Br)c1. The van der Waals surface area contributed by atoms with Gasteiger partial charge in [0.15, 0.2) is 0 Å². The lowest BCUT2D eigenvalue weighted by atomic mass is 10.1. The van der Waals surface area contributed by atoms with E-state index < -0.39 is 0 Å². The van der Waals surface area contributed by atoms with Crippen LogP contribution in [-0.2, 0) is 6.42 Å². The van der Waals surface area contributed by atoms with E-state index in [-0.39, 0.29) is 0 Å². The average molecular weight is 257 g/mol. The third kappa shape index (κ3) is 2.72. The maximum Gasteiger partial charge on any atom is 0.0375 e. The normalized spacial score (nSPS) is 10.3. The van der Waals surface area contributed by atoms with Gasteiger partial charge in [0.1, 0.15) is 0 Å². The van der Waals surface area contributed by atoms with Gasteiger partial charge in [0.2, 0.25) is 0 Å². The van der Waals surface area contributed by atoms with Gasteiger partial charge in [0, 0.05) is 23.8 Å². The lowest BCUT2D eigenvalue weighted by Crippen LogP contribution is -2.15. The number of nitrogens with two attached hydrogens (primary N) is 1. The second kappa shape index (κ2) is 5.37. The smallest absolute Gasteiger partial charge is 0.0375 e. The van der Waals surface area contributed by atoms with E-state index in [0.29, 0.717) is 6.54 Å². The van der Waals surface area contributed by atoms with Gasteiger partial charge in [-0.3, -0.25) is 0 Å². The van der Waals surface area contributed by atoms with Crippen LogP contribution in [0.25, 0.3) is 0 Å². The van der Waals surface area contributed by atoms with Crippen molar-refractivity contribution in [1.82, 2.24) is 0 Å². The number of benzene rings is 1. The molecule has 1 aromatic carbocycles. The first kappa shape index (κ1) is 11.5. The monoisotopic (exact) mass is 256 g/mol. The van der Waals surface area contributed by atoms with Crippen LogP contribution >= 0.6 is 15.9 Å².